The number of hydrogen-bond donors (Lipinski definition) is 0. The van der Waals surface area contributed by atoms with Gasteiger partial charge >= 0.3 is 11.9 Å². The third kappa shape index (κ3) is 4.99. The van der Waals surface area contributed by atoms with E-state index in [0.717, 1.165) is 9.86 Å². The zero-order chi connectivity index (χ0) is 26.1. The van der Waals surface area contributed by atoms with Crippen molar-refractivity contribution in [3.05, 3.63) is 98.5 Å². The molecule has 0 aliphatic heterocycles. The number of halogens is 1. The van der Waals surface area contributed by atoms with Gasteiger partial charge in [-0.2, -0.15) is 0 Å². The summed E-state index contributed by atoms with van der Waals surface area (Å²) in [7, 11) is 0. The molecule has 0 bridgehead atoms. The average Bonchev–Trinajstić information content (AvgIpc) is 3.30. The van der Waals surface area contributed by atoms with E-state index in [-0.39, 0.29) is 40.6 Å². The average molecular weight is 563 g/mol. The van der Waals surface area contributed by atoms with Crippen LogP contribution in [0, 0.1) is 6.92 Å². The van der Waals surface area contributed by atoms with Gasteiger partial charge in [-0.05, 0) is 74.5 Å². The second-order valence-electron chi connectivity index (χ2n) is 8.00. The lowest BCUT2D eigenvalue weighted by Crippen LogP contribution is -2.09. The highest BCUT2D eigenvalue weighted by Crippen LogP contribution is 2.29. The van der Waals surface area contributed by atoms with E-state index >= 15 is 0 Å². The van der Waals surface area contributed by atoms with Gasteiger partial charge in [0.25, 0.3) is 0 Å². The number of aryl methyl sites for hydroxylation is 1. The predicted molar refractivity (Wildman–Crippen MR) is 139 cm³/mol. The number of ether oxygens (including phenoxy) is 3. The minimum absolute atomic E-state index is 0.00886. The standard InChI is InChI=1S/C28H19BrO8/c1-3-33-27(31)16-4-7-19(8-5-16)35-26-15(2)34-23-14-20(9-10-21(23)25(26)30)36-28(32)24-13-17-12-18(29)6-11-22(17)37-24/h4-14H,3H2,1-2H3. The first-order valence-electron chi connectivity index (χ1n) is 11.3. The Morgan fingerprint density at radius 3 is 2.38 bits per heavy atom. The number of carbonyl (C=O) groups is 2. The smallest absolute Gasteiger partial charge is 0.379 e. The van der Waals surface area contributed by atoms with Crippen molar-refractivity contribution in [2.45, 2.75) is 13.8 Å². The first-order valence-corrected chi connectivity index (χ1v) is 12.1. The lowest BCUT2D eigenvalue weighted by atomic mass is 10.2. The van der Waals surface area contributed by atoms with Crippen LogP contribution in [0.3, 0.4) is 0 Å². The van der Waals surface area contributed by atoms with Crippen molar-refractivity contribution in [3.63, 3.8) is 0 Å². The van der Waals surface area contributed by atoms with Crippen molar-refractivity contribution < 1.29 is 32.6 Å². The Kier molecular flexibility index (Phi) is 6.54. The van der Waals surface area contributed by atoms with E-state index in [2.05, 4.69) is 15.9 Å². The number of fused-ring (bicyclic) bond motifs is 2. The second kappa shape index (κ2) is 9.94. The molecule has 0 radical (unpaired) electrons. The SMILES string of the molecule is CCOC(=O)c1ccc(Oc2c(C)oc3cc(OC(=O)c4cc5cc(Br)ccc5o4)ccc3c2=O)cc1. The molecule has 8 nitrogen and oxygen atoms in total. The van der Waals surface area contributed by atoms with Crippen molar-refractivity contribution in [1.82, 2.24) is 0 Å². The van der Waals surface area contributed by atoms with Crippen LogP contribution >= 0.6 is 15.9 Å². The van der Waals surface area contributed by atoms with Crippen LogP contribution in [-0.4, -0.2) is 18.5 Å². The van der Waals surface area contributed by atoms with Crippen LogP contribution in [0.15, 0.2) is 84.8 Å². The molecule has 0 saturated heterocycles. The Morgan fingerprint density at radius 1 is 0.865 bits per heavy atom. The Hall–Kier alpha value is -4.37. The highest BCUT2D eigenvalue weighted by Gasteiger charge is 2.18. The summed E-state index contributed by atoms with van der Waals surface area (Å²) in [6.07, 6.45) is 0. The Labute approximate surface area is 218 Å². The van der Waals surface area contributed by atoms with Gasteiger partial charge < -0.3 is 23.0 Å². The number of esters is 2. The summed E-state index contributed by atoms with van der Waals surface area (Å²) in [5.74, 6) is -0.301. The van der Waals surface area contributed by atoms with E-state index in [4.69, 9.17) is 23.0 Å². The number of hydrogen-bond acceptors (Lipinski definition) is 8. The van der Waals surface area contributed by atoms with Crippen molar-refractivity contribution in [3.8, 4) is 17.2 Å². The van der Waals surface area contributed by atoms with E-state index in [1.807, 2.05) is 12.1 Å². The molecule has 0 saturated carbocycles. The van der Waals surface area contributed by atoms with Gasteiger partial charge in [0.05, 0.1) is 17.6 Å². The summed E-state index contributed by atoms with van der Waals surface area (Å²) in [5.41, 5.74) is 0.757. The van der Waals surface area contributed by atoms with Crippen molar-refractivity contribution in [2.75, 3.05) is 6.61 Å². The molecule has 37 heavy (non-hydrogen) atoms. The fourth-order valence-electron chi connectivity index (χ4n) is 3.71. The maximum Gasteiger partial charge on any atom is 0.379 e. The lowest BCUT2D eigenvalue weighted by Gasteiger charge is -2.10. The zero-order valence-corrected chi connectivity index (χ0v) is 21.3. The lowest BCUT2D eigenvalue weighted by molar-refractivity contribution is 0.0526. The summed E-state index contributed by atoms with van der Waals surface area (Å²) in [4.78, 5) is 37.6. The molecule has 0 fully saturated rings. The van der Waals surface area contributed by atoms with E-state index in [9.17, 15) is 14.4 Å². The van der Waals surface area contributed by atoms with Gasteiger partial charge in [0.15, 0.2) is 0 Å². The molecular weight excluding hydrogens is 544 g/mol. The zero-order valence-electron chi connectivity index (χ0n) is 19.7. The molecular formula is C28H19BrO8. The highest BCUT2D eigenvalue weighted by molar-refractivity contribution is 9.10. The summed E-state index contributed by atoms with van der Waals surface area (Å²) in [6.45, 7) is 3.59. The van der Waals surface area contributed by atoms with E-state index in [1.54, 1.807) is 50.2 Å². The van der Waals surface area contributed by atoms with Crippen LogP contribution in [0.5, 0.6) is 17.2 Å². The summed E-state index contributed by atoms with van der Waals surface area (Å²) < 4.78 is 28.4. The molecule has 2 aromatic heterocycles. The first kappa shape index (κ1) is 24.3. The maximum atomic E-state index is 13.1. The van der Waals surface area contributed by atoms with Crippen molar-refractivity contribution in [2.24, 2.45) is 0 Å². The fourth-order valence-corrected chi connectivity index (χ4v) is 4.09. The van der Waals surface area contributed by atoms with Gasteiger partial charge in [0.1, 0.15) is 28.4 Å². The molecule has 0 atom stereocenters. The first-order chi connectivity index (χ1) is 17.8. The quantitative estimate of drug-likeness (QED) is 0.164. The van der Waals surface area contributed by atoms with Crippen LogP contribution in [-0.2, 0) is 4.74 Å². The minimum Gasteiger partial charge on any atom is -0.462 e. The van der Waals surface area contributed by atoms with Crippen LogP contribution < -0.4 is 14.9 Å². The van der Waals surface area contributed by atoms with Crippen LogP contribution in [0.1, 0.15) is 33.6 Å². The number of benzene rings is 3. The number of carbonyl (C=O) groups excluding carboxylic acids is 2. The number of rotatable bonds is 6. The normalized spacial score (nSPS) is 11.0. The third-order valence-electron chi connectivity index (χ3n) is 5.46. The molecule has 0 spiro atoms. The molecule has 5 aromatic rings. The topological polar surface area (TPSA) is 105 Å². The Balaban J connectivity index is 1.38. The van der Waals surface area contributed by atoms with E-state index < -0.39 is 17.4 Å². The van der Waals surface area contributed by atoms with Crippen LogP contribution in [0.4, 0.5) is 0 Å². The molecule has 186 valence electrons. The van der Waals surface area contributed by atoms with Crippen LogP contribution in [0.25, 0.3) is 21.9 Å². The Bertz CT molecular complexity index is 1710. The third-order valence-corrected chi connectivity index (χ3v) is 5.96. The van der Waals surface area contributed by atoms with Gasteiger partial charge in [0, 0.05) is 15.9 Å². The van der Waals surface area contributed by atoms with Crippen LogP contribution in [0.2, 0.25) is 0 Å². The summed E-state index contributed by atoms with van der Waals surface area (Å²) >= 11 is 3.38. The number of furan rings is 1. The summed E-state index contributed by atoms with van der Waals surface area (Å²) in [6, 6.07) is 17.7. The second-order valence-corrected chi connectivity index (χ2v) is 8.92. The molecule has 0 unspecified atom stereocenters. The summed E-state index contributed by atoms with van der Waals surface area (Å²) in [5, 5.41) is 1.00. The van der Waals surface area contributed by atoms with Gasteiger partial charge in [0.2, 0.25) is 16.9 Å². The largest absolute Gasteiger partial charge is 0.462 e. The molecule has 0 aliphatic carbocycles. The molecule has 0 amide bonds. The minimum atomic E-state index is -0.683. The highest BCUT2D eigenvalue weighted by atomic mass is 79.9. The van der Waals surface area contributed by atoms with Gasteiger partial charge in [-0.25, -0.2) is 9.59 Å². The predicted octanol–water partition coefficient (Wildman–Crippen LogP) is 6.80. The van der Waals surface area contributed by atoms with Gasteiger partial charge in [-0.3, -0.25) is 4.79 Å². The van der Waals surface area contributed by atoms with Gasteiger partial charge in [-0.1, -0.05) is 15.9 Å². The van der Waals surface area contributed by atoms with Gasteiger partial charge in [-0.15, -0.1) is 0 Å². The molecule has 0 aliphatic rings. The molecule has 2 heterocycles. The fraction of sp³-hybridized carbons (Fsp3) is 0.107. The maximum absolute atomic E-state index is 13.1. The molecule has 3 aromatic carbocycles. The molecule has 9 heteroatoms. The Morgan fingerprint density at radius 2 is 1.62 bits per heavy atom. The van der Waals surface area contributed by atoms with E-state index in [0.29, 0.717) is 16.9 Å². The monoisotopic (exact) mass is 562 g/mol. The van der Waals surface area contributed by atoms with Crippen molar-refractivity contribution >= 4 is 49.8 Å². The molecule has 0 N–H and O–H groups in total. The van der Waals surface area contributed by atoms with E-state index in [1.165, 1.54) is 18.2 Å². The molecule has 5 rings (SSSR count). The van der Waals surface area contributed by atoms with Crippen molar-refractivity contribution in [1.29, 1.82) is 0 Å².